The zero-order valence-electron chi connectivity index (χ0n) is 19.5. The standard InChI is InChI=1S/C25H32N4O4/c1-18(2)19-4-6-20(7-5-19)24(31)29-16-14-28(15-17-29)23(30)12-13-26-25(32)27-21-8-10-22(33-3)11-9-21/h4-11,18H,12-17H2,1-3H3,(H2,26,27,32). The van der Waals surface area contributed by atoms with E-state index >= 15 is 0 Å². The Morgan fingerprint density at radius 3 is 2.09 bits per heavy atom. The number of piperazine rings is 1. The van der Waals surface area contributed by atoms with Crippen molar-refractivity contribution in [1.29, 1.82) is 0 Å². The van der Waals surface area contributed by atoms with Crippen LogP contribution in [0.2, 0.25) is 0 Å². The van der Waals surface area contributed by atoms with E-state index in [9.17, 15) is 14.4 Å². The molecule has 0 aromatic heterocycles. The summed E-state index contributed by atoms with van der Waals surface area (Å²) < 4.78 is 5.08. The van der Waals surface area contributed by atoms with Crippen molar-refractivity contribution in [3.63, 3.8) is 0 Å². The number of nitrogens with one attached hydrogen (secondary N) is 2. The van der Waals surface area contributed by atoms with Crippen molar-refractivity contribution >= 4 is 23.5 Å². The zero-order chi connectivity index (χ0) is 23.8. The molecule has 1 heterocycles. The highest BCUT2D eigenvalue weighted by Crippen LogP contribution is 2.17. The van der Waals surface area contributed by atoms with Crippen LogP contribution in [-0.2, 0) is 4.79 Å². The molecule has 2 aromatic carbocycles. The van der Waals surface area contributed by atoms with Crippen molar-refractivity contribution in [3.05, 3.63) is 59.7 Å². The number of carbonyl (C=O) groups is 3. The molecule has 1 fully saturated rings. The number of nitrogens with zero attached hydrogens (tertiary/aromatic N) is 2. The molecule has 0 aliphatic carbocycles. The van der Waals surface area contributed by atoms with Crippen molar-refractivity contribution in [2.24, 2.45) is 0 Å². The van der Waals surface area contributed by atoms with Crippen LogP contribution in [0.3, 0.4) is 0 Å². The van der Waals surface area contributed by atoms with Crippen LogP contribution >= 0.6 is 0 Å². The summed E-state index contributed by atoms with van der Waals surface area (Å²) in [5, 5.41) is 5.41. The third kappa shape index (κ3) is 6.71. The topological polar surface area (TPSA) is 91.0 Å². The Morgan fingerprint density at radius 2 is 1.52 bits per heavy atom. The molecule has 2 aromatic rings. The minimum absolute atomic E-state index is 0.00530. The van der Waals surface area contributed by atoms with Crippen molar-refractivity contribution in [2.45, 2.75) is 26.2 Å². The Bertz CT molecular complexity index is 949. The van der Waals surface area contributed by atoms with E-state index in [0.29, 0.717) is 49.1 Å². The van der Waals surface area contributed by atoms with Gasteiger partial charge in [-0.3, -0.25) is 9.59 Å². The number of benzene rings is 2. The predicted molar refractivity (Wildman–Crippen MR) is 128 cm³/mol. The molecule has 3 rings (SSSR count). The second kappa shape index (κ2) is 11.4. The fraction of sp³-hybridized carbons (Fsp3) is 0.400. The number of anilines is 1. The summed E-state index contributed by atoms with van der Waals surface area (Å²) in [5.41, 5.74) is 2.51. The van der Waals surface area contributed by atoms with E-state index in [1.165, 1.54) is 5.56 Å². The number of urea groups is 1. The number of hydrogen-bond acceptors (Lipinski definition) is 4. The van der Waals surface area contributed by atoms with Crippen LogP contribution < -0.4 is 15.4 Å². The molecule has 0 atom stereocenters. The van der Waals surface area contributed by atoms with E-state index in [0.717, 1.165) is 0 Å². The van der Waals surface area contributed by atoms with Gasteiger partial charge in [0.2, 0.25) is 5.91 Å². The summed E-state index contributed by atoms with van der Waals surface area (Å²) in [6, 6.07) is 14.4. The van der Waals surface area contributed by atoms with Crippen LogP contribution in [-0.4, -0.2) is 67.5 Å². The Balaban J connectivity index is 1.38. The van der Waals surface area contributed by atoms with Gasteiger partial charge in [-0.1, -0.05) is 26.0 Å². The number of amides is 4. The van der Waals surface area contributed by atoms with Gasteiger partial charge in [-0.25, -0.2) is 4.79 Å². The summed E-state index contributed by atoms with van der Waals surface area (Å²) in [5.74, 6) is 1.09. The molecule has 2 N–H and O–H groups in total. The minimum Gasteiger partial charge on any atom is -0.497 e. The Kier molecular flexibility index (Phi) is 8.29. The molecule has 0 unspecified atom stereocenters. The van der Waals surface area contributed by atoms with Gasteiger partial charge in [0, 0.05) is 50.4 Å². The molecule has 8 nitrogen and oxygen atoms in total. The Hall–Kier alpha value is -3.55. The van der Waals surface area contributed by atoms with E-state index in [-0.39, 0.29) is 30.8 Å². The van der Waals surface area contributed by atoms with Gasteiger partial charge in [0.05, 0.1) is 7.11 Å². The van der Waals surface area contributed by atoms with Crippen molar-refractivity contribution in [1.82, 2.24) is 15.1 Å². The van der Waals surface area contributed by atoms with Crippen LogP contribution in [0.4, 0.5) is 10.5 Å². The number of hydrogen-bond donors (Lipinski definition) is 2. The summed E-state index contributed by atoms with van der Waals surface area (Å²) in [6.45, 7) is 6.47. The van der Waals surface area contributed by atoms with E-state index in [2.05, 4.69) is 24.5 Å². The van der Waals surface area contributed by atoms with E-state index in [4.69, 9.17) is 4.74 Å². The lowest BCUT2D eigenvalue weighted by molar-refractivity contribution is -0.132. The van der Waals surface area contributed by atoms with Gasteiger partial charge in [-0.15, -0.1) is 0 Å². The molecule has 0 spiro atoms. The molecule has 33 heavy (non-hydrogen) atoms. The SMILES string of the molecule is COc1ccc(NC(=O)NCCC(=O)N2CCN(C(=O)c3ccc(C(C)C)cc3)CC2)cc1. The van der Waals surface area contributed by atoms with Crippen LogP contribution in [0, 0.1) is 0 Å². The number of rotatable bonds is 7. The molecule has 1 aliphatic rings. The average molecular weight is 453 g/mol. The maximum Gasteiger partial charge on any atom is 0.319 e. The second-order valence-electron chi connectivity index (χ2n) is 8.31. The largest absolute Gasteiger partial charge is 0.497 e. The van der Waals surface area contributed by atoms with Crippen LogP contribution in [0.5, 0.6) is 5.75 Å². The first-order valence-corrected chi connectivity index (χ1v) is 11.2. The van der Waals surface area contributed by atoms with Crippen molar-refractivity contribution < 1.29 is 19.1 Å². The second-order valence-corrected chi connectivity index (χ2v) is 8.31. The zero-order valence-corrected chi connectivity index (χ0v) is 19.5. The maximum absolute atomic E-state index is 12.8. The maximum atomic E-state index is 12.8. The van der Waals surface area contributed by atoms with Gasteiger partial charge < -0.3 is 25.2 Å². The number of methoxy groups -OCH3 is 1. The fourth-order valence-corrected chi connectivity index (χ4v) is 3.64. The predicted octanol–water partition coefficient (Wildman–Crippen LogP) is 3.31. The molecule has 0 saturated carbocycles. The van der Waals surface area contributed by atoms with Gasteiger partial charge in [0.15, 0.2) is 0 Å². The Morgan fingerprint density at radius 1 is 0.909 bits per heavy atom. The van der Waals surface area contributed by atoms with Crippen LogP contribution in [0.15, 0.2) is 48.5 Å². The monoisotopic (exact) mass is 452 g/mol. The van der Waals surface area contributed by atoms with Crippen molar-refractivity contribution in [3.8, 4) is 5.75 Å². The average Bonchev–Trinajstić information content (AvgIpc) is 2.84. The molecule has 176 valence electrons. The van der Waals surface area contributed by atoms with Gasteiger partial charge in [-0.05, 0) is 47.9 Å². The summed E-state index contributed by atoms with van der Waals surface area (Å²) in [6.07, 6.45) is 0.209. The molecule has 8 heteroatoms. The highest BCUT2D eigenvalue weighted by Gasteiger charge is 2.24. The van der Waals surface area contributed by atoms with Gasteiger partial charge >= 0.3 is 6.03 Å². The quantitative estimate of drug-likeness (QED) is 0.674. The molecule has 4 amide bonds. The van der Waals surface area contributed by atoms with Gasteiger partial charge in [0.1, 0.15) is 5.75 Å². The first kappa shape index (κ1) is 24.1. The Labute approximate surface area is 194 Å². The highest BCUT2D eigenvalue weighted by atomic mass is 16.5. The highest BCUT2D eigenvalue weighted by molar-refractivity contribution is 5.94. The lowest BCUT2D eigenvalue weighted by Crippen LogP contribution is -2.51. The summed E-state index contributed by atoms with van der Waals surface area (Å²) in [4.78, 5) is 40.8. The lowest BCUT2D eigenvalue weighted by Gasteiger charge is -2.35. The van der Waals surface area contributed by atoms with E-state index in [1.54, 1.807) is 41.2 Å². The molecule has 1 aliphatic heterocycles. The van der Waals surface area contributed by atoms with E-state index < -0.39 is 0 Å². The molecular weight excluding hydrogens is 420 g/mol. The lowest BCUT2D eigenvalue weighted by atomic mass is 10.0. The first-order chi connectivity index (χ1) is 15.9. The number of ether oxygens (including phenoxy) is 1. The number of carbonyl (C=O) groups excluding carboxylic acids is 3. The smallest absolute Gasteiger partial charge is 0.319 e. The van der Waals surface area contributed by atoms with Crippen LogP contribution in [0.25, 0.3) is 0 Å². The van der Waals surface area contributed by atoms with Gasteiger partial charge in [0.25, 0.3) is 5.91 Å². The molecule has 0 radical (unpaired) electrons. The van der Waals surface area contributed by atoms with Gasteiger partial charge in [-0.2, -0.15) is 0 Å². The third-order valence-electron chi connectivity index (χ3n) is 5.72. The molecule has 0 bridgehead atoms. The summed E-state index contributed by atoms with van der Waals surface area (Å²) in [7, 11) is 1.58. The fourth-order valence-electron chi connectivity index (χ4n) is 3.64. The van der Waals surface area contributed by atoms with Crippen molar-refractivity contribution in [2.75, 3.05) is 45.2 Å². The third-order valence-corrected chi connectivity index (χ3v) is 5.72. The van der Waals surface area contributed by atoms with E-state index in [1.807, 2.05) is 24.3 Å². The summed E-state index contributed by atoms with van der Waals surface area (Å²) >= 11 is 0. The normalized spacial score (nSPS) is 13.6. The molecular formula is C25H32N4O4. The first-order valence-electron chi connectivity index (χ1n) is 11.2. The minimum atomic E-state index is -0.369. The van der Waals surface area contributed by atoms with Crippen LogP contribution in [0.1, 0.15) is 42.1 Å². The molecule has 1 saturated heterocycles.